The Bertz CT molecular complexity index is 792. The summed E-state index contributed by atoms with van der Waals surface area (Å²) in [5, 5.41) is 19.2. The van der Waals surface area contributed by atoms with Crippen LogP contribution in [0, 0.1) is 0 Å². The Morgan fingerprint density at radius 3 is 2.44 bits per heavy atom. The summed E-state index contributed by atoms with van der Waals surface area (Å²) in [5.41, 5.74) is 0.742. The lowest BCUT2D eigenvalue weighted by Gasteiger charge is -2.05. The lowest BCUT2D eigenvalue weighted by molar-refractivity contribution is 0.426. The second-order valence-electron chi connectivity index (χ2n) is 4.02. The van der Waals surface area contributed by atoms with Crippen LogP contribution in [-0.2, 0) is 0 Å². The average molecular weight is 240 g/mol. The first-order chi connectivity index (χ1) is 8.68. The summed E-state index contributed by atoms with van der Waals surface area (Å²) in [4.78, 5) is 12.3. The quantitative estimate of drug-likeness (QED) is 0.483. The molecule has 0 aliphatic rings. The summed E-state index contributed by atoms with van der Waals surface area (Å²) < 4.78 is 5.60. The standard InChI is InChI=1S/C13H9BO4/c15-13-8-4-1-2-6-10(8)18-11-7-3-5-9(12(11)13)14(16)17/h1-7,16-17H. The van der Waals surface area contributed by atoms with Crippen LogP contribution in [0.5, 0.6) is 0 Å². The summed E-state index contributed by atoms with van der Waals surface area (Å²) in [5.74, 6) is 0. The van der Waals surface area contributed by atoms with Crippen molar-refractivity contribution in [3.63, 3.8) is 0 Å². The zero-order valence-corrected chi connectivity index (χ0v) is 9.33. The maximum absolute atomic E-state index is 12.3. The monoisotopic (exact) mass is 240 g/mol. The topological polar surface area (TPSA) is 70.7 Å². The third kappa shape index (κ3) is 1.53. The Morgan fingerprint density at radius 2 is 1.67 bits per heavy atom. The van der Waals surface area contributed by atoms with Crippen LogP contribution < -0.4 is 10.9 Å². The molecule has 3 aromatic rings. The van der Waals surface area contributed by atoms with Gasteiger partial charge in [0.05, 0.1) is 10.8 Å². The number of hydrogen-bond donors (Lipinski definition) is 2. The number of rotatable bonds is 1. The van der Waals surface area contributed by atoms with Crippen LogP contribution in [0.25, 0.3) is 21.9 Å². The second-order valence-corrected chi connectivity index (χ2v) is 4.02. The largest absolute Gasteiger partial charge is 0.489 e. The third-order valence-electron chi connectivity index (χ3n) is 2.92. The van der Waals surface area contributed by atoms with Crippen molar-refractivity contribution in [2.24, 2.45) is 0 Å². The van der Waals surface area contributed by atoms with Crippen LogP contribution in [0.4, 0.5) is 0 Å². The molecule has 0 saturated heterocycles. The van der Waals surface area contributed by atoms with Crippen LogP contribution in [0.15, 0.2) is 51.7 Å². The maximum Gasteiger partial charge on any atom is 0.489 e. The summed E-state index contributed by atoms with van der Waals surface area (Å²) in [6, 6.07) is 11.6. The van der Waals surface area contributed by atoms with Crippen molar-refractivity contribution in [1.82, 2.24) is 0 Å². The molecule has 18 heavy (non-hydrogen) atoms. The molecule has 3 rings (SSSR count). The van der Waals surface area contributed by atoms with E-state index >= 15 is 0 Å². The fraction of sp³-hybridized carbons (Fsp3) is 0. The molecular weight excluding hydrogens is 231 g/mol. The van der Waals surface area contributed by atoms with Gasteiger partial charge in [0.1, 0.15) is 11.2 Å². The van der Waals surface area contributed by atoms with E-state index in [1.165, 1.54) is 6.07 Å². The first-order valence-corrected chi connectivity index (χ1v) is 5.49. The number of fused-ring (bicyclic) bond motifs is 2. The minimum absolute atomic E-state index is 0.159. The molecule has 2 aromatic carbocycles. The molecule has 0 unspecified atom stereocenters. The van der Waals surface area contributed by atoms with Crippen molar-refractivity contribution < 1.29 is 14.5 Å². The van der Waals surface area contributed by atoms with E-state index in [-0.39, 0.29) is 16.3 Å². The second kappa shape index (κ2) is 3.98. The molecule has 2 N–H and O–H groups in total. The molecule has 0 bridgehead atoms. The van der Waals surface area contributed by atoms with Crippen molar-refractivity contribution >= 4 is 34.5 Å². The summed E-state index contributed by atoms with van der Waals surface area (Å²) in [6.45, 7) is 0. The highest BCUT2D eigenvalue weighted by Crippen LogP contribution is 2.16. The van der Waals surface area contributed by atoms with Gasteiger partial charge in [-0.15, -0.1) is 0 Å². The zero-order chi connectivity index (χ0) is 12.7. The summed E-state index contributed by atoms with van der Waals surface area (Å²) >= 11 is 0. The predicted octanol–water partition coefficient (Wildman–Crippen LogP) is 0.626. The fourth-order valence-electron chi connectivity index (χ4n) is 2.09. The zero-order valence-electron chi connectivity index (χ0n) is 9.33. The Labute approximate surface area is 102 Å². The van der Waals surface area contributed by atoms with Gasteiger partial charge < -0.3 is 14.5 Å². The van der Waals surface area contributed by atoms with Gasteiger partial charge in [0.15, 0.2) is 5.43 Å². The van der Waals surface area contributed by atoms with E-state index in [2.05, 4.69) is 0 Å². The molecule has 1 aromatic heterocycles. The van der Waals surface area contributed by atoms with Crippen LogP contribution in [0.1, 0.15) is 0 Å². The molecule has 4 nitrogen and oxygen atoms in total. The lowest BCUT2D eigenvalue weighted by Crippen LogP contribution is -2.33. The lowest BCUT2D eigenvalue weighted by atomic mass is 9.78. The molecule has 0 amide bonds. The van der Waals surface area contributed by atoms with Crippen LogP contribution in [0.3, 0.4) is 0 Å². The predicted molar refractivity (Wildman–Crippen MR) is 69.8 cm³/mol. The molecule has 0 fully saturated rings. The van der Waals surface area contributed by atoms with Crippen LogP contribution in [0.2, 0.25) is 0 Å². The third-order valence-corrected chi connectivity index (χ3v) is 2.92. The average Bonchev–Trinajstić information content (AvgIpc) is 2.38. The van der Waals surface area contributed by atoms with E-state index in [9.17, 15) is 14.8 Å². The molecule has 88 valence electrons. The fourth-order valence-corrected chi connectivity index (χ4v) is 2.09. The molecule has 0 aliphatic carbocycles. The van der Waals surface area contributed by atoms with E-state index in [0.29, 0.717) is 16.6 Å². The maximum atomic E-state index is 12.3. The highest BCUT2D eigenvalue weighted by Gasteiger charge is 2.18. The number of benzene rings is 2. The van der Waals surface area contributed by atoms with Gasteiger partial charge in [-0.2, -0.15) is 0 Å². The highest BCUT2D eigenvalue weighted by atomic mass is 16.4. The Hall–Kier alpha value is -2.11. The summed E-state index contributed by atoms with van der Waals surface area (Å²) in [6.07, 6.45) is 0. The molecule has 5 heteroatoms. The number of para-hydroxylation sites is 1. The van der Waals surface area contributed by atoms with Gasteiger partial charge in [-0.25, -0.2) is 0 Å². The van der Waals surface area contributed by atoms with Crippen molar-refractivity contribution in [2.75, 3.05) is 0 Å². The van der Waals surface area contributed by atoms with Crippen molar-refractivity contribution in [3.05, 3.63) is 52.7 Å². The van der Waals surface area contributed by atoms with E-state index in [0.717, 1.165) is 0 Å². The van der Waals surface area contributed by atoms with Crippen molar-refractivity contribution in [1.29, 1.82) is 0 Å². The van der Waals surface area contributed by atoms with Gasteiger partial charge >= 0.3 is 7.12 Å². The number of hydrogen-bond acceptors (Lipinski definition) is 4. The highest BCUT2D eigenvalue weighted by molar-refractivity contribution is 6.61. The van der Waals surface area contributed by atoms with Crippen LogP contribution in [-0.4, -0.2) is 17.2 Å². The van der Waals surface area contributed by atoms with Gasteiger partial charge in [0.25, 0.3) is 0 Å². The van der Waals surface area contributed by atoms with Crippen molar-refractivity contribution in [2.45, 2.75) is 0 Å². The minimum Gasteiger partial charge on any atom is -0.456 e. The molecule has 0 atom stereocenters. The summed E-state index contributed by atoms with van der Waals surface area (Å²) in [7, 11) is -1.70. The van der Waals surface area contributed by atoms with Crippen molar-refractivity contribution in [3.8, 4) is 0 Å². The van der Waals surface area contributed by atoms with E-state index in [1.807, 2.05) is 0 Å². The Balaban J connectivity index is 2.57. The molecule has 0 radical (unpaired) electrons. The molecule has 1 heterocycles. The van der Waals surface area contributed by atoms with Gasteiger partial charge in [-0.1, -0.05) is 24.3 Å². The SMILES string of the molecule is O=c1c2ccccc2oc2cccc(B(O)O)c12. The van der Waals surface area contributed by atoms with Crippen LogP contribution >= 0.6 is 0 Å². The minimum atomic E-state index is -1.70. The van der Waals surface area contributed by atoms with E-state index in [4.69, 9.17) is 4.42 Å². The van der Waals surface area contributed by atoms with Gasteiger partial charge in [-0.3, -0.25) is 4.79 Å². The molecule has 0 aliphatic heterocycles. The first-order valence-electron chi connectivity index (χ1n) is 5.49. The van der Waals surface area contributed by atoms with E-state index in [1.54, 1.807) is 36.4 Å². The normalized spacial score (nSPS) is 11.0. The van der Waals surface area contributed by atoms with Gasteiger partial charge in [-0.05, 0) is 23.7 Å². The molecular formula is C13H9BO4. The molecule has 0 saturated carbocycles. The van der Waals surface area contributed by atoms with E-state index < -0.39 is 7.12 Å². The Morgan fingerprint density at radius 1 is 0.944 bits per heavy atom. The molecule has 0 spiro atoms. The smallest absolute Gasteiger partial charge is 0.456 e. The van der Waals surface area contributed by atoms with Gasteiger partial charge in [0.2, 0.25) is 0 Å². The first kappa shape index (κ1) is 11.0. The van der Waals surface area contributed by atoms with Gasteiger partial charge in [0, 0.05) is 0 Å². The Kier molecular flexibility index (Phi) is 2.43.